The normalized spacial score (nSPS) is 9.64. The minimum Gasteiger partial charge on any atom is -0.505 e. The van der Waals surface area contributed by atoms with E-state index in [1.807, 2.05) is 0 Å². The first-order valence-electron chi connectivity index (χ1n) is 2.79. The van der Waals surface area contributed by atoms with Crippen LogP contribution in [-0.4, -0.2) is 11.4 Å². The van der Waals surface area contributed by atoms with Gasteiger partial charge in [-0.3, -0.25) is 4.79 Å². The van der Waals surface area contributed by atoms with Crippen molar-refractivity contribution < 1.29 is 14.3 Å². The number of rotatable bonds is 1. The highest BCUT2D eigenvalue weighted by atomic mass is 79.9. The first-order valence-corrected chi connectivity index (χ1v) is 3.58. The first-order chi connectivity index (χ1) is 5.16. The molecule has 0 saturated heterocycles. The Kier molecular flexibility index (Phi) is 2.24. The van der Waals surface area contributed by atoms with Gasteiger partial charge in [-0.1, -0.05) is 0 Å². The van der Waals surface area contributed by atoms with E-state index in [9.17, 15) is 9.18 Å². The Morgan fingerprint density at radius 2 is 2.18 bits per heavy atom. The van der Waals surface area contributed by atoms with Crippen LogP contribution in [0, 0.1) is 5.82 Å². The third-order valence-corrected chi connectivity index (χ3v) is 2.02. The zero-order chi connectivity index (χ0) is 8.43. The molecule has 0 fully saturated rings. The molecular weight excluding hydrogens is 215 g/mol. The summed E-state index contributed by atoms with van der Waals surface area (Å²) in [6.07, 6.45) is 0.507. The van der Waals surface area contributed by atoms with Gasteiger partial charge in [-0.05, 0) is 28.1 Å². The number of carbonyl (C=O) groups is 1. The van der Waals surface area contributed by atoms with Gasteiger partial charge >= 0.3 is 0 Å². The van der Waals surface area contributed by atoms with E-state index >= 15 is 0 Å². The molecule has 1 N–H and O–H groups in total. The minimum absolute atomic E-state index is 0.00694. The van der Waals surface area contributed by atoms with Gasteiger partial charge < -0.3 is 5.11 Å². The molecule has 0 spiro atoms. The summed E-state index contributed by atoms with van der Waals surface area (Å²) in [6, 6.07) is 2.46. The van der Waals surface area contributed by atoms with Gasteiger partial charge in [-0.15, -0.1) is 0 Å². The molecule has 0 aromatic heterocycles. The molecule has 0 aliphatic heterocycles. The van der Waals surface area contributed by atoms with Crippen molar-refractivity contribution >= 4 is 22.2 Å². The topological polar surface area (TPSA) is 37.3 Å². The average Bonchev–Trinajstić information content (AvgIpc) is 2.01. The SMILES string of the molecule is O=Cc1ccc(O)c(F)c1Br. The summed E-state index contributed by atoms with van der Waals surface area (Å²) in [4.78, 5) is 10.2. The highest BCUT2D eigenvalue weighted by Crippen LogP contribution is 2.26. The van der Waals surface area contributed by atoms with Crippen LogP contribution in [0.2, 0.25) is 0 Å². The van der Waals surface area contributed by atoms with E-state index in [0.717, 1.165) is 6.07 Å². The van der Waals surface area contributed by atoms with Gasteiger partial charge in [0.2, 0.25) is 0 Å². The number of phenols is 1. The molecule has 4 heteroatoms. The Morgan fingerprint density at radius 1 is 1.55 bits per heavy atom. The Hall–Kier alpha value is -0.900. The monoisotopic (exact) mass is 218 g/mol. The van der Waals surface area contributed by atoms with Crippen LogP contribution in [0.5, 0.6) is 5.75 Å². The zero-order valence-corrected chi connectivity index (χ0v) is 6.93. The second-order valence-electron chi connectivity index (χ2n) is 1.92. The molecule has 0 heterocycles. The summed E-state index contributed by atoms with van der Waals surface area (Å²) in [5.74, 6) is -1.28. The third kappa shape index (κ3) is 1.40. The summed E-state index contributed by atoms with van der Waals surface area (Å²) in [5, 5.41) is 8.80. The van der Waals surface area contributed by atoms with Crippen molar-refractivity contribution in [1.29, 1.82) is 0 Å². The van der Waals surface area contributed by atoms with Gasteiger partial charge in [0.1, 0.15) is 0 Å². The molecule has 0 unspecified atom stereocenters. The highest BCUT2D eigenvalue weighted by Gasteiger charge is 2.08. The Balaban J connectivity index is 3.36. The molecule has 0 saturated carbocycles. The van der Waals surface area contributed by atoms with E-state index in [4.69, 9.17) is 5.11 Å². The summed E-state index contributed by atoms with van der Waals surface area (Å²) in [5.41, 5.74) is 0.181. The molecule has 0 radical (unpaired) electrons. The van der Waals surface area contributed by atoms with Crippen LogP contribution >= 0.6 is 15.9 Å². The van der Waals surface area contributed by atoms with Gasteiger partial charge in [0, 0.05) is 5.56 Å². The molecular formula is C7H4BrFO2. The summed E-state index contributed by atoms with van der Waals surface area (Å²) < 4.78 is 12.7. The molecule has 0 aliphatic carbocycles. The lowest BCUT2D eigenvalue weighted by Crippen LogP contribution is -1.86. The number of carbonyl (C=O) groups excluding carboxylic acids is 1. The van der Waals surface area contributed by atoms with Gasteiger partial charge in [0.15, 0.2) is 17.9 Å². The fourth-order valence-corrected chi connectivity index (χ4v) is 1.07. The number of halogens is 2. The molecule has 11 heavy (non-hydrogen) atoms. The average molecular weight is 219 g/mol. The molecule has 58 valence electrons. The molecule has 0 bridgehead atoms. The maximum absolute atomic E-state index is 12.7. The maximum Gasteiger partial charge on any atom is 0.179 e. The number of aromatic hydroxyl groups is 1. The van der Waals surface area contributed by atoms with E-state index in [2.05, 4.69) is 15.9 Å². The smallest absolute Gasteiger partial charge is 0.179 e. The molecule has 0 atom stereocenters. The quantitative estimate of drug-likeness (QED) is 0.734. The van der Waals surface area contributed by atoms with Crippen molar-refractivity contribution in [3.05, 3.63) is 28.0 Å². The lowest BCUT2D eigenvalue weighted by atomic mass is 10.2. The van der Waals surface area contributed by atoms with Crippen molar-refractivity contribution in [2.75, 3.05) is 0 Å². The highest BCUT2D eigenvalue weighted by molar-refractivity contribution is 9.10. The first kappa shape index (κ1) is 8.20. The second kappa shape index (κ2) is 3.00. The van der Waals surface area contributed by atoms with Crippen molar-refractivity contribution in [3.8, 4) is 5.75 Å². The molecule has 1 aromatic rings. The van der Waals surface area contributed by atoms with Crippen LogP contribution in [-0.2, 0) is 0 Å². The predicted molar refractivity (Wildman–Crippen MR) is 41.2 cm³/mol. The van der Waals surface area contributed by atoms with Crippen LogP contribution < -0.4 is 0 Å². The number of benzene rings is 1. The van der Waals surface area contributed by atoms with Crippen LogP contribution in [0.25, 0.3) is 0 Å². The molecule has 0 amide bonds. The fourth-order valence-electron chi connectivity index (χ4n) is 0.645. The van der Waals surface area contributed by atoms with E-state index in [1.54, 1.807) is 0 Å². The van der Waals surface area contributed by atoms with E-state index in [1.165, 1.54) is 6.07 Å². The molecule has 1 aromatic carbocycles. The molecule has 1 rings (SSSR count). The van der Waals surface area contributed by atoms with E-state index in [-0.39, 0.29) is 10.0 Å². The van der Waals surface area contributed by atoms with Crippen molar-refractivity contribution in [1.82, 2.24) is 0 Å². The lowest BCUT2D eigenvalue weighted by molar-refractivity contribution is 0.112. The second-order valence-corrected chi connectivity index (χ2v) is 2.71. The number of hydrogen-bond donors (Lipinski definition) is 1. The fraction of sp³-hybridized carbons (Fsp3) is 0. The predicted octanol–water partition coefficient (Wildman–Crippen LogP) is 2.11. The van der Waals surface area contributed by atoms with Gasteiger partial charge in [0.05, 0.1) is 4.47 Å². The number of hydrogen-bond acceptors (Lipinski definition) is 2. The standard InChI is InChI=1S/C7H4BrFO2/c8-6-4(3-10)1-2-5(11)7(6)9/h1-3,11H. The van der Waals surface area contributed by atoms with Crippen molar-refractivity contribution in [2.45, 2.75) is 0 Å². The van der Waals surface area contributed by atoms with Crippen LogP contribution in [0.15, 0.2) is 16.6 Å². The molecule has 0 aliphatic rings. The van der Waals surface area contributed by atoms with Crippen molar-refractivity contribution in [2.24, 2.45) is 0 Å². The van der Waals surface area contributed by atoms with Gasteiger partial charge in [-0.2, -0.15) is 0 Å². The summed E-state index contributed by atoms with van der Waals surface area (Å²) >= 11 is 2.82. The largest absolute Gasteiger partial charge is 0.505 e. The zero-order valence-electron chi connectivity index (χ0n) is 5.34. The van der Waals surface area contributed by atoms with Crippen LogP contribution in [0.3, 0.4) is 0 Å². The number of aldehydes is 1. The Labute approximate surface area is 70.8 Å². The Morgan fingerprint density at radius 3 is 2.73 bits per heavy atom. The Bertz CT molecular complexity index is 299. The van der Waals surface area contributed by atoms with Gasteiger partial charge in [0.25, 0.3) is 0 Å². The minimum atomic E-state index is -0.811. The summed E-state index contributed by atoms with van der Waals surface area (Å²) in [6.45, 7) is 0. The number of phenolic OH excluding ortho intramolecular Hbond substituents is 1. The van der Waals surface area contributed by atoms with Gasteiger partial charge in [-0.25, -0.2) is 4.39 Å². The molecule has 2 nitrogen and oxygen atoms in total. The van der Waals surface area contributed by atoms with Crippen LogP contribution in [0.1, 0.15) is 10.4 Å². The maximum atomic E-state index is 12.7. The van der Waals surface area contributed by atoms with E-state index < -0.39 is 11.6 Å². The van der Waals surface area contributed by atoms with E-state index in [0.29, 0.717) is 6.29 Å². The lowest BCUT2D eigenvalue weighted by Gasteiger charge is -1.98. The van der Waals surface area contributed by atoms with Crippen LogP contribution in [0.4, 0.5) is 4.39 Å². The van der Waals surface area contributed by atoms with Crippen molar-refractivity contribution in [3.63, 3.8) is 0 Å². The third-order valence-electron chi connectivity index (χ3n) is 1.22. The summed E-state index contributed by atoms with van der Waals surface area (Å²) in [7, 11) is 0.